The lowest BCUT2D eigenvalue weighted by Crippen LogP contribution is -2.37. The number of benzene rings is 2. The fraction of sp³-hybridized carbons (Fsp3) is 0.100. The number of rotatable bonds is 6. The van der Waals surface area contributed by atoms with Crippen molar-refractivity contribution in [1.82, 2.24) is 9.97 Å². The maximum Gasteiger partial charge on any atom is 0.323 e. The molecule has 2 aromatic carbocycles. The number of nitrogens with zero attached hydrogens (tertiary/aromatic N) is 3. The summed E-state index contributed by atoms with van der Waals surface area (Å²) in [6.07, 6.45) is 0. The van der Waals surface area contributed by atoms with Crippen molar-refractivity contribution in [3.05, 3.63) is 74.2 Å². The Kier molecular flexibility index (Phi) is 6.02. The minimum Gasteiger partial charge on any atom is -0.468 e. The number of H-pyrrole nitrogens is 1. The van der Waals surface area contributed by atoms with Gasteiger partial charge in [0.25, 0.3) is 17.2 Å². The number of carbonyl (C=O) groups is 3. The highest BCUT2D eigenvalue weighted by molar-refractivity contribution is 6.45. The minimum atomic E-state index is -2.00. The number of nitro benzene ring substituents is 1. The molecule has 1 atom stereocenters. The number of nitriles is 1. The molecule has 1 amide bonds. The Morgan fingerprint density at radius 3 is 2.62 bits per heavy atom. The average molecular weight is 435 g/mol. The number of ether oxygens (including phenoxy) is 1. The van der Waals surface area contributed by atoms with E-state index in [2.05, 4.69) is 20.0 Å². The molecule has 0 fully saturated rings. The van der Waals surface area contributed by atoms with Crippen LogP contribution in [-0.4, -0.2) is 39.7 Å². The molecule has 0 spiro atoms. The number of non-ortho nitro benzene ring substituents is 1. The van der Waals surface area contributed by atoms with E-state index >= 15 is 0 Å². The monoisotopic (exact) mass is 435 g/mol. The van der Waals surface area contributed by atoms with Gasteiger partial charge in [0.2, 0.25) is 5.78 Å². The molecule has 32 heavy (non-hydrogen) atoms. The molecule has 0 saturated carbocycles. The van der Waals surface area contributed by atoms with Crippen LogP contribution in [0, 0.1) is 21.4 Å². The van der Waals surface area contributed by atoms with Gasteiger partial charge in [-0.1, -0.05) is 12.1 Å². The number of fused-ring (bicyclic) bond motifs is 1. The Morgan fingerprint density at radius 1 is 1.25 bits per heavy atom. The largest absolute Gasteiger partial charge is 0.468 e. The van der Waals surface area contributed by atoms with Gasteiger partial charge in [-0.25, -0.2) is 4.98 Å². The molecule has 0 aliphatic heterocycles. The molecule has 3 aromatic rings. The van der Waals surface area contributed by atoms with E-state index in [-0.39, 0.29) is 28.0 Å². The molecule has 0 aliphatic rings. The van der Waals surface area contributed by atoms with Crippen molar-refractivity contribution in [2.45, 2.75) is 5.92 Å². The summed E-state index contributed by atoms with van der Waals surface area (Å²) in [6, 6.07) is 11.1. The zero-order valence-electron chi connectivity index (χ0n) is 16.3. The second-order valence-corrected chi connectivity index (χ2v) is 6.34. The summed E-state index contributed by atoms with van der Waals surface area (Å²) in [5, 5.41) is 22.3. The van der Waals surface area contributed by atoms with Crippen LogP contribution in [0.2, 0.25) is 0 Å². The first-order valence-electron chi connectivity index (χ1n) is 8.87. The lowest BCUT2D eigenvalue weighted by molar-refractivity contribution is -0.384. The number of ketones is 1. The molecular formula is C20H13N5O7. The summed E-state index contributed by atoms with van der Waals surface area (Å²) >= 11 is 0. The average Bonchev–Trinajstić information content (AvgIpc) is 2.79. The number of aromatic nitrogens is 2. The van der Waals surface area contributed by atoms with E-state index in [0.29, 0.717) is 0 Å². The summed E-state index contributed by atoms with van der Waals surface area (Å²) in [5.74, 6) is -5.83. The van der Waals surface area contributed by atoms with E-state index in [4.69, 9.17) is 5.26 Å². The van der Waals surface area contributed by atoms with Gasteiger partial charge in [0.05, 0.1) is 34.3 Å². The van der Waals surface area contributed by atoms with Gasteiger partial charge in [-0.05, 0) is 18.2 Å². The summed E-state index contributed by atoms with van der Waals surface area (Å²) in [6.45, 7) is 0. The predicted octanol–water partition coefficient (Wildman–Crippen LogP) is 1.17. The molecule has 12 heteroatoms. The van der Waals surface area contributed by atoms with Crippen LogP contribution in [0.25, 0.3) is 11.0 Å². The lowest BCUT2D eigenvalue weighted by Gasteiger charge is -2.13. The van der Waals surface area contributed by atoms with Gasteiger partial charge in [0.1, 0.15) is 11.8 Å². The van der Waals surface area contributed by atoms with Crippen molar-refractivity contribution < 1.29 is 24.0 Å². The normalized spacial score (nSPS) is 11.2. The molecule has 1 unspecified atom stereocenters. The Balaban J connectivity index is 2.03. The third-order valence-electron chi connectivity index (χ3n) is 4.40. The summed E-state index contributed by atoms with van der Waals surface area (Å²) in [7, 11) is 0.962. The molecule has 0 saturated heterocycles. The molecule has 0 aliphatic carbocycles. The molecule has 3 rings (SSSR count). The topological polar surface area (TPSA) is 185 Å². The lowest BCUT2D eigenvalue weighted by atomic mass is 9.99. The van der Waals surface area contributed by atoms with Crippen LogP contribution in [0.15, 0.2) is 47.3 Å². The Labute approximate surface area is 178 Å². The number of para-hydroxylation sites is 1. The fourth-order valence-electron chi connectivity index (χ4n) is 2.86. The van der Waals surface area contributed by atoms with Gasteiger partial charge in [0.15, 0.2) is 5.92 Å². The highest BCUT2D eigenvalue weighted by Gasteiger charge is 2.38. The number of nitrogens with one attached hydrogen (secondary N) is 2. The number of hydrogen-bond acceptors (Lipinski definition) is 9. The number of anilines is 1. The number of hydrogen-bond donors (Lipinski definition) is 2. The van der Waals surface area contributed by atoms with E-state index in [1.54, 1.807) is 6.07 Å². The maximum atomic E-state index is 12.8. The number of nitro groups is 1. The Hall–Kier alpha value is -4.92. The van der Waals surface area contributed by atoms with Crippen LogP contribution in [0.4, 0.5) is 11.4 Å². The number of amides is 1. The molecule has 1 aromatic heterocycles. The standard InChI is InChI=1S/C20H13N5O7/c1-32-20(29)15(17(26)19(28)23-12-5-3-2-4-10(12)9-21)16-18(27)24-14-8-11(25(30)31)6-7-13(14)22-16/h2-8,15H,1H3,(H,23,28)(H,24,27). The number of esters is 1. The first-order chi connectivity index (χ1) is 15.3. The van der Waals surface area contributed by atoms with Crippen molar-refractivity contribution in [1.29, 1.82) is 5.26 Å². The van der Waals surface area contributed by atoms with Crippen LogP contribution in [0.3, 0.4) is 0 Å². The van der Waals surface area contributed by atoms with E-state index in [9.17, 15) is 29.3 Å². The van der Waals surface area contributed by atoms with Crippen molar-refractivity contribution >= 4 is 40.1 Å². The van der Waals surface area contributed by atoms with E-state index in [0.717, 1.165) is 19.2 Å². The number of methoxy groups -OCH3 is 1. The second-order valence-electron chi connectivity index (χ2n) is 6.34. The van der Waals surface area contributed by atoms with Gasteiger partial charge in [-0.3, -0.25) is 29.3 Å². The quantitative estimate of drug-likeness (QED) is 0.188. The smallest absolute Gasteiger partial charge is 0.323 e. The Morgan fingerprint density at radius 2 is 1.97 bits per heavy atom. The molecule has 12 nitrogen and oxygen atoms in total. The highest BCUT2D eigenvalue weighted by atomic mass is 16.6. The summed E-state index contributed by atoms with van der Waals surface area (Å²) in [5.41, 5.74) is -1.78. The van der Waals surface area contributed by atoms with Crippen LogP contribution in [0.5, 0.6) is 0 Å². The fourth-order valence-corrected chi connectivity index (χ4v) is 2.86. The van der Waals surface area contributed by atoms with Crippen molar-refractivity contribution in [2.24, 2.45) is 0 Å². The zero-order valence-corrected chi connectivity index (χ0v) is 16.3. The molecule has 160 valence electrons. The summed E-state index contributed by atoms with van der Waals surface area (Å²) in [4.78, 5) is 66.7. The third-order valence-corrected chi connectivity index (χ3v) is 4.40. The Bertz CT molecular complexity index is 1370. The molecular weight excluding hydrogens is 422 g/mol. The van der Waals surface area contributed by atoms with E-state index in [1.807, 2.05) is 6.07 Å². The molecule has 0 bridgehead atoms. The van der Waals surface area contributed by atoms with Gasteiger partial charge < -0.3 is 15.0 Å². The number of Topliss-reactive ketones (excluding diaryl/α,β-unsaturated/α-hetero) is 1. The van der Waals surface area contributed by atoms with Gasteiger partial charge >= 0.3 is 5.97 Å². The van der Waals surface area contributed by atoms with E-state index in [1.165, 1.54) is 24.3 Å². The first-order valence-corrected chi connectivity index (χ1v) is 8.87. The zero-order chi connectivity index (χ0) is 23.4. The van der Waals surface area contributed by atoms with Gasteiger partial charge in [-0.2, -0.15) is 5.26 Å². The number of carbonyl (C=O) groups excluding carboxylic acids is 3. The molecule has 2 N–H and O–H groups in total. The van der Waals surface area contributed by atoms with Crippen molar-refractivity contribution in [2.75, 3.05) is 12.4 Å². The SMILES string of the molecule is COC(=O)C(C(=O)C(=O)Nc1ccccc1C#N)c1nc2ccc([N+](=O)[O-])cc2[nH]c1=O. The summed E-state index contributed by atoms with van der Waals surface area (Å²) < 4.78 is 4.58. The van der Waals surface area contributed by atoms with Crippen molar-refractivity contribution in [3.8, 4) is 6.07 Å². The number of aromatic amines is 1. The van der Waals surface area contributed by atoms with Crippen LogP contribution in [0.1, 0.15) is 17.2 Å². The highest BCUT2D eigenvalue weighted by Crippen LogP contribution is 2.21. The van der Waals surface area contributed by atoms with E-state index < -0.39 is 39.8 Å². The molecule has 1 heterocycles. The van der Waals surface area contributed by atoms with Crippen LogP contribution < -0.4 is 10.9 Å². The van der Waals surface area contributed by atoms with Crippen LogP contribution in [-0.2, 0) is 19.1 Å². The van der Waals surface area contributed by atoms with Gasteiger partial charge in [-0.15, -0.1) is 0 Å². The van der Waals surface area contributed by atoms with Crippen LogP contribution >= 0.6 is 0 Å². The first kappa shape index (κ1) is 21.8. The third kappa shape index (κ3) is 4.17. The predicted molar refractivity (Wildman–Crippen MR) is 109 cm³/mol. The minimum absolute atomic E-state index is 0.00332. The second kappa shape index (κ2) is 8.84. The maximum absolute atomic E-state index is 12.8. The van der Waals surface area contributed by atoms with Crippen molar-refractivity contribution in [3.63, 3.8) is 0 Å². The van der Waals surface area contributed by atoms with Gasteiger partial charge in [0, 0.05) is 12.1 Å². The molecule has 0 radical (unpaired) electrons.